The van der Waals surface area contributed by atoms with Gasteiger partial charge in [-0.15, -0.1) is 0 Å². The Balaban J connectivity index is 2.67. The van der Waals surface area contributed by atoms with E-state index in [1.54, 1.807) is 18.2 Å². The van der Waals surface area contributed by atoms with E-state index >= 15 is 0 Å². The lowest BCUT2D eigenvalue weighted by atomic mass is 10.1. The minimum atomic E-state index is -0.393. The van der Waals surface area contributed by atoms with Crippen molar-refractivity contribution in [1.29, 1.82) is 0 Å². The van der Waals surface area contributed by atoms with Crippen LogP contribution in [0.5, 0.6) is 17.2 Å². The Morgan fingerprint density at radius 2 is 1.12 bits per heavy atom. The maximum atomic E-state index is 12.4. The highest BCUT2D eigenvalue weighted by molar-refractivity contribution is 5.76. The van der Waals surface area contributed by atoms with E-state index in [0.717, 1.165) is 38.5 Å². The fourth-order valence-electron chi connectivity index (χ4n) is 3.52. The van der Waals surface area contributed by atoms with Gasteiger partial charge in [0.1, 0.15) is 11.4 Å². The molecular weight excluding hydrogens is 416 g/mol. The highest BCUT2D eigenvalue weighted by Gasteiger charge is 2.18. The Morgan fingerprint density at radius 1 is 0.667 bits per heavy atom. The van der Waals surface area contributed by atoms with E-state index in [1.165, 1.54) is 38.5 Å². The molecule has 0 aliphatic rings. The molecule has 5 nitrogen and oxygen atoms in total. The molecule has 0 atom stereocenters. The standard InChI is InChI=1S/C28H46O5/c1-6-8-10-12-14-16-18-26(29)31-24-21-20-23(33-28(3,4)5)22-25(24)32-27(30)19-17-15-13-11-9-7-2/h20-22H,6-19H2,1-5H3. The van der Waals surface area contributed by atoms with Crippen LogP contribution in [0.25, 0.3) is 0 Å². The van der Waals surface area contributed by atoms with Crippen LogP contribution >= 0.6 is 0 Å². The molecule has 0 spiro atoms. The fraction of sp³-hybridized carbons (Fsp3) is 0.714. The largest absolute Gasteiger partial charge is 0.488 e. The minimum absolute atomic E-state index is 0.240. The van der Waals surface area contributed by atoms with Crippen LogP contribution in [0.2, 0.25) is 0 Å². The molecule has 0 bridgehead atoms. The molecule has 0 fully saturated rings. The second kappa shape index (κ2) is 16.6. The van der Waals surface area contributed by atoms with Crippen LogP contribution in [-0.4, -0.2) is 17.5 Å². The number of carbonyl (C=O) groups is 2. The molecule has 0 heterocycles. The third-order valence-corrected chi connectivity index (χ3v) is 5.26. The second-order valence-electron chi connectivity index (χ2n) is 9.81. The van der Waals surface area contributed by atoms with Gasteiger partial charge in [-0.05, 0) is 45.7 Å². The summed E-state index contributed by atoms with van der Waals surface area (Å²) >= 11 is 0. The van der Waals surface area contributed by atoms with Crippen molar-refractivity contribution in [3.05, 3.63) is 18.2 Å². The SMILES string of the molecule is CCCCCCCCC(=O)Oc1ccc(OC(C)(C)C)cc1OC(=O)CCCCCCCC. The van der Waals surface area contributed by atoms with Crippen molar-refractivity contribution in [3.8, 4) is 17.2 Å². The Bertz CT molecular complexity index is 690. The lowest BCUT2D eigenvalue weighted by Crippen LogP contribution is -2.23. The summed E-state index contributed by atoms with van der Waals surface area (Å²) in [4.78, 5) is 24.8. The van der Waals surface area contributed by atoms with E-state index in [9.17, 15) is 9.59 Å². The zero-order chi connectivity index (χ0) is 24.5. The van der Waals surface area contributed by atoms with Crippen molar-refractivity contribution >= 4 is 11.9 Å². The highest BCUT2D eigenvalue weighted by atomic mass is 16.6. The van der Waals surface area contributed by atoms with Gasteiger partial charge in [0.2, 0.25) is 0 Å². The van der Waals surface area contributed by atoms with Gasteiger partial charge in [0.15, 0.2) is 11.5 Å². The van der Waals surface area contributed by atoms with Gasteiger partial charge in [-0.3, -0.25) is 9.59 Å². The summed E-state index contributed by atoms with van der Waals surface area (Å²) in [6, 6.07) is 5.02. The molecule has 0 amide bonds. The Hall–Kier alpha value is -2.04. The van der Waals surface area contributed by atoms with Crippen LogP contribution in [0, 0.1) is 0 Å². The van der Waals surface area contributed by atoms with Crippen LogP contribution in [0.3, 0.4) is 0 Å². The molecule has 0 aliphatic heterocycles. The summed E-state index contributed by atoms with van der Waals surface area (Å²) in [6.45, 7) is 10.2. The average molecular weight is 463 g/mol. The van der Waals surface area contributed by atoms with E-state index in [1.807, 2.05) is 20.8 Å². The topological polar surface area (TPSA) is 61.8 Å². The smallest absolute Gasteiger partial charge is 0.311 e. The summed E-state index contributed by atoms with van der Waals surface area (Å²) in [7, 11) is 0. The van der Waals surface area contributed by atoms with Gasteiger partial charge in [0, 0.05) is 18.9 Å². The van der Waals surface area contributed by atoms with Gasteiger partial charge in [0.25, 0.3) is 0 Å². The van der Waals surface area contributed by atoms with E-state index in [0.29, 0.717) is 18.6 Å². The predicted octanol–water partition coefficient (Wildman–Crippen LogP) is 8.18. The number of rotatable bonds is 17. The van der Waals surface area contributed by atoms with Crippen molar-refractivity contribution in [1.82, 2.24) is 0 Å². The number of hydrogen-bond acceptors (Lipinski definition) is 5. The lowest BCUT2D eigenvalue weighted by Gasteiger charge is -2.22. The molecular formula is C28H46O5. The van der Waals surface area contributed by atoms with Crippen LogP contribution in [-0.2, 0) is 9.59 Å². The van der Waals surface area contributed by atoms with Gasteiger partial charge < -0.3 is 14.2 Å². The first-order valence-electron chi connectivity index (χ1n) is 13.0. The van der Waals surface area contributed by atoms with Gasteiger partial charge in [0.05, 0.1) is 0 Å². The van der Waals surface area contributed by atoms with Crippen LogP contribution in [0.4, 0.5) is 0 Å². The first-order chi connectivity index (χ1) is 15.7. The molecule has 1 aromatic carbocycles. The normalized spacial score (nSPS) is 11.3. The first-order valence-corrected chi connectivity index (χ1v) is 13.0. The predicted molar refractivity (Wildman–Crippen MR) is 134 cm³/mol. The van der Waals surface area contributed by atoms with Gasteiger partial charge >= 0.3 is 11.9 Å². The molecule has 188 valence electrons. The zero-order valence-electron chi connectivity index (χ0n) is 21.7. The summed E-state index contributed by atoms with van der Waals surface area (Å²) in [5.41, 5.74) is -0.393. The molecule has 0 aliphatic carbocycles. The number of benzene rings is 1. The molecule has 0 aromatic heterocycles. The Morgan fingerprint density at radius 3 is 1.61 bits per heavy atom. The van der Waals surface area contributed by atoms with Crippen LogP contribution < -0.4 is 14.2 Å². The number of ether oxygens (including phenoxy) is 3. The molecule has 1 aromatic rings. The monoisotopic (exact) mass is 462 g/mol. The molecule has 0 saturated carbocycles. The lowest BCUT2D eigenvalue weighted by molar-refractivity contribution is -0.137. The van der Waals surface area contributed by atoms with Gasteiger partial charge in [-0.1, -0.05) is 78.1 Å². The van der Waals surface area contributed by atoms with Crippen molar-refractivity contribution in [3.63, 3.8) is 0 Å². The maximum absolute atomic E-state index is 12.4. The second-order valence-corrected chi connectivity index (χ2v) is 9.81. The van der Waals surface area contributed by atoms with E-state index in [4.69, 9.17) is 14.2 Å². The zero-order valence-corrected chi connectivity index (χ0v) is 21.7. The third-order valence-electron chi connectivity index (χ3n) is 5.26. The summed E-state index contributed by atoms with van der Waals surface area (Å²) in [5.74, 6) is 0.461. The molecule has 0 N–H and O–H groups in total. The molecule has 33 heavy (non-hydrogen) atoms. The number of carbonyl (C=O) groups excluding carboxylic acids is 2. The van der Waals surface area contributed by atoms with E-state index in [-0.39, 0.29) is 23.4 Å². The van der Waals surface area contributed by atoms with E-state index < -0.39 is 5.60 Å². The highest BCUT2D eigenvalue weighted by Crippen LogP contribution is 2.34. The summed E-state index contributed by atoms with van der Waals surface area (Å²) in [6.07, 6.45) is 13.9. The van der Waals surface area contributed by atoms with Crippen molar-refractivity contribution in [2.45, 2.75) is 130 Å². The molecule has 0 unspecified atom stereocenters. The number of esters is 2. The van der Waals surface area contributed by atoms with Crippen molar-refractivity contribution in [2.75, 3.05) is 0 Å². The Labute approximate surface area is 201 Å². The van der Waals surface area contributed by atoms with E-state index in [2.05, 4.69) is 13.8 Å². The number of unbranched alkanes of at least 4 members (excludes halogenated alkanes) is 10. The Kier molecular flexibility index (Phi) is 14.5. The van der Waals surface area contributed by atoms with Gasteiger partial charge in [-0.2, -0.15) is 0 Å². The molecule has 0 saturated heterocycles. The minimum Gasteiger partial charge on any atom is -0.488 e. The third kappa shape index (κ3) is 14.7. The summed E-state index contributed by atoms with van der Waals surface area (Å²) < 4.78 is 17.1. The quantitative estimate of drug-likeness (QED) is 0.133. The van der Waals surface area contributed by atoms with Gasteiger partial charge in [-0.25, -0.2) is 0 Å². The fourth-order valence-corrected chi connectivity index (χ4v) is 3.52. The average Bonchev–Trinajstić information content (AvgIpc) is 2.74. The number of hydrogen-bond donors (Lipinski definition) is 0. The maximum Gasteiger partial charge on any atom is 0.311 e. The molecule has 1 rings (SSSR count). The van der Waals surface area contributed by atoms with Crippen LogP contribution in [0.1, 0.15) is 125 Å². The van der Waals surface area contributed by atoms with Crippen molar-refractivity contribution < 1.29 is 23.8 Å². The first kappa shape index (κ1) is 29.0. The van der Waals surface area contributed by atoms with Crippen LogP contribution in [0.15, 0.2) is 18.2 Å². The summed E-state index contributed by atoms with van der Waals surface area (Å²) in [5, 5.41) is 0. The molecule has 0 radical (unpaired) electrons. The van der Waals surface area contributed by atoms with Crippen molar-refractivity contribution in [2.24, 2.45) is 0 Å². The molecule has 5 heteroatoms.